The van der Waals surface area contributed by atoms with E-state index in [0.717, 1.165) is 83.8 Å². The zero-order chi connectivity index (χ0) is 39.4. The van der Waals surface area contributed by atoms with Gasteiger partial charge in [-0.15, -0.1) is 0 Å². The van der Waals surface area contributed by atoms with E-state index in [1.54, 1.807) is 7.11 Å². The Labute approximate surface area is 335 Å². The van der Waals surface area contributed by atoms with E-state index in [0.29, 0.717) is 25.6 Å². The predicted octanol–water partition coefficient (Wildman–Crippen LogP) is 9.31. The number of fused-ring (bicyclic) bond motifs is 5. The lowest BCUT2D eigenvalue weighted by Crippen LogP contribution is -2.47. The van der Waals surface area contributed by atoms with Crippen LogP contribution in [0.4, 0.5) is 0 Å². The van der Waals surface area contributed by atoms with Crippen molar-refractivity contribution >= 4 is 23.2 Å². The number of H-pyrrole nitrogens is 1. The van der Waals surface area contributed by atoms with Crippen molar-refractivity contribution in [3.05, 3.63) is 101 Å². The first-order chi connectivity index (χ1) is 27.7. The number of aromatic nitrogens is 2. The highest BCUT2D eigenvalue weighted by molar-refractivity contribution is 6.05. The molecule has 2 unspecified atom stereocenters. The minimum Gasteiger partial charge on any atom is -0.488 e. The number of benzene rings is 3. The number of carbonyl (C=O) groups is 2. The summed E-state index contributed by atoms with van der Waals surface area (Å²) in [4.78, 5) is 42.9. The molecular weight excluding hydrogens is 713 g/mol. The van der Waals surface area contributed by atoms with Crippen molar-refractivity contribution in [2.45, 2.75) is 104 Å². The molecular formula is C48H54N4O5. The van der Waals surface area contributed by atoms with Crippen LogP contribution in [-0.2, 0) is 38.7 Å². The quantitative estimate of drug-likeness (QED) is 0.161. The molecule has 2 fully saturated rings. The monoisotopic (exact) mass is 766 g/mol. The second kappa shape index (κ2) is 15.4. The van der Waals surface area contributed by atoms with Crippen molar-refractivity contribution in [3.63, 3.8) is 0 Å². The Morgan fingerprint density at radius 1 is 0.965 bits per heavy atom. The number of ether oxygens (including phenoxy) is 3. The standard InChI is InChI=1S/C48H54N4O5/c1-27(2)29(4)47(53)52-28(3)11-16-44(52)42-21-37-36-22-45-38(20-32(36)13-15-41(37)50-42)35-14-12-33(19-34(35)26-56-45)43-23-49-46(51-43)39-17-31(24-55-5)18-40(39)48(54)57-25-30-9-7-6-8-10-30/h6-10,12,14,19-20,22-23,27-29,31,39-40,44H,11,13,15-18,21,24-26H2,1-5H3,(H,49,51)/t28-,29-,31-,39?,40?,44-/m0/s1. The fourth-order valence-corrected chi connectivity index (χ4v) is 10.00. The average Bonchev–Trinajstić information content (AvgIpc) is 4.05. The van der Waals surface area contributed by atoms with Crippen LogP contribution in [0.1, 0.15) is 100 Å². The molecule has 6 atom stereocenters. The number of nitrogens with one attached hydrogen (secondary N) is 1. The zero-order valence-electron chi connectivity index (χ0n) is 33.8. The van der Waals surface area contributed by atoms with Gasteiger partial charge in [-0.05, 0) is 114 Å². The summed E-state index contributed by atoms with van der Waals surface area (Å²) in [6.45, 7) is 9.88. The summed E-state index contributed by atoms with van der Waals surface area (Å²) in [6.07, 6.45) is 8.06. The molecule has 4 aromatic rings. The topological polar surface area (TPSA) is 106 Å². The number of methoxy groups -OCH3 is 1. The number of imidazole rings is 1. The number of likely N-dealkylation sites (tertiary alicyclic amines) is 1. The molecule has 1 saturated heterocycles. The number of amides is 1. The maximum atomic E-state index is 13.6. The Kier molecular flexibility index (Phi) is 10.1. The summed E-state index contributed by atoms with van der Waals surface area (Å²) in [7, 11) is 1.71. The molecule has 5 aliphatic rings. The molecule has 9 heteroatoms. The van der Waals surface area contributed by atoms with Gasteiger partial charge in [-0.3, -0.25) is 14.6 Å². The number of aliphatic imine (C=N–C) groups is 1. The van der Waals surface area contributed by atoms with Crippen molar-refractivity contribution in [1.29, 1.82) is 0 Å². The summed E-state index contributed by atoms with van der Waals surface area (Å²) in [5.74, 6) is 2.02. The fourth-order valence-electron chi connectivity index (χ4n) is 10.00. The molecule has 0 radical (unpaired) electrons. The van der Waals surface area contributed by atoms with Crippen LogP contribution in [0, 0.1) is 23.7 Å². The van der Waals surface area contributed by atoms with Crippen LogP contribution in [0.5, 0.6) is 5.75 Å². The van der Waals surface area contributed by atoms with Crippen molar-refractivity contribution < 1.29 is 23.8 Å². The molecule has 3 aromatic carbocycles. The minimum atomic E-state index is -0.287. The highest BCUT2D eigenvalue weighted by atomic mass is 16.5. The number of nitrogens with zero attached hydrogens (tertiary/aromatic N) is 3. The van der Waals surface area contributed by atoms with E-state index in [-0.39, 0.29) is 54.2 Å². The summed E-state index contributed by atoms with van der Waals surface area (Å²) in [5, 5.41) is 0. The summed E-state index contributed by atoms with van der Waals surface area (Å²) in [5.41, 5.74) is 12.6. The third-order valence-electron chi connectivity index (χ3n) is 13.5. The van der Waals surface area contributed by atoms with E-state index < -0.39 is 0 Å². The molecule has 0 spiro atoms. The predicted molar refractivity (Wildman–Crippen MR) is 221 cm³/mol. The minimum absolute atomic E-state index is 0.00000107. The van der Waals surface area contributed by atoms with Crippen LogP contribution in [0.3, 0.4) is 0 Å². The Hall–Kier alpha value is -5.02. The van der Waals surface area contributed by atoms with Gasteiger partial charge >= 0.3 is 5.97 Å². The van der Waals surface area contributed by atoms with E-state index >= 15 is 0 Å². The molecule has 1 aromatic heterocycles. The van der Waals surface area contributed by atoms with E-state index in [9.17, 15) is 9.59 Å². The molecule has 296 valence electrons. The Bertz CT molecular complexity index is 2260. The van der Waals surface area contributed by atoms with Gasteiger partial charge < -0.3 is 24.1 Å². The smallest absolute Gasteiger partial charge is 0.310 e. The number of hydrogen-bond acceptors (Lipinski definition) is 7. The molecule has 9 nitrogen and oxygen atoms in total. The number of carbonyl (C=O) groups excluding carboxylic acids is 2. The van der Waals surface area contributed by atoms with E-state index in [1.807, 2.05) is 36.5 Å². The molecule has 0 bridgehead atoms. The van der Waals surface area contributed by atoms with Gasteiger partial charge in [0.25, 0.3) is 0 Å². The van der Waals surface area contributed by atoms with Gasteiger partial charge in [0.15, 0.2) is 0 Å². The Morgan fingerprint density at radius 2 is 1.81 bits per heavy atom. The molecule has 1 amide bonds. The van der Waals surface area contributed by atoms with Crippen LogP contribution in [-0.4, -0.2) is 58.3 Å². The van der Waals surface area contributed by atoms with Crippen LogP contribution in [0.15, 0.2) is 77.5 Å². The van der Waals surface area contributed by atoms with Crippen molar-refractivity contribution in [2.75, 3.05) is 13.7 Å². The maximum absolute atomic E-state index is 13.6. The number of allylic oxidation sites excluding steroid dienone is 2. The van der Waals surface area contributed by atoms with Gasteiger partial charge in [0.2, 0.25) is 5.91 Å². The lowest BCUT2D eigenvalue weighted by Gasteiger charge is -2.32. The number of aryl methyl sites for hydroxylation is 1. The first-order valence-electron chi connectivity index (χ1n) is 21.0. The maximum Gasteiger partial charge on any atom is 0.310 e. The summed E-state index contributed by atoms with van der Waals surface area (Å²) in [6, 6.07) is 21.3. The molecule has 57 heavy (non-hydrogen) atoms. The van der Waals surface area contributed by atoms with Gasteiger partial charge in [-0.25, -0.2) is 4.98 Å². The first-order valence-corrected chi connectivity index (χ1v) is 21.0. The molecule has 1 N–H and O–H groups in total. The highest BCUT2D eigenvalue weighted by Gasteiger charge is 2.43. The second-order valence-electron chi connectivity index (χ2n) is 17.4. The van der Waals surface area contributed by atoms with Crippen molar-refractivity contribution in [3.8, 4) is 28.1 Å². The normalized spacial score (nSPS) is 24.1. The molecule has 9 rings (SSSR count). The summed E-state index contributed by atoms with van der Waals surface area (Å²) >= 11 is 0. The summed E-state index contributed by atoms with van der Waals surface area (Å²) < 4.78 is 17.8. The van der Waals surface area contributed by atoms with Gasteiger partial charge in [0.05, 0.1) is 23.9 Å². The lowest BCUT2D eigenvalue weighted by molar-refractivity contribution is -0.150. The average molecular weight is 767 g/mol. The van der Waals surface area contributed by atoms with Gasteiger partial charge in [-0.1, -0.05) is 63.2 Å². The molecule has 4 heterocycles. The Morgan fingerprint density at radius 3 is 2.61 bits per heavy atom. The molecule has 2 aliphatic carbocycles. The lowest BCUT2D eigenvalue weighted by atomic mass is 9.83. The SMILES string of the molecule is COC[C@@H]1CC(C(=O)OCc2ccccc2)C(c2ncc(-c3ccc4c(c3)COc3cc5c(cc3-4)CCC3=C5CC([C@@H]4CC[C@H](C)N4C(=O)[C@@H](C)C(C)C)=N3)[nH]2)C1. The van der Waals surface area contributed by atoms with Crippen LogP contribution < -0.4 is 4.74 Å². The van der Waals surface area contributed by atoms with Gasteiger partial charge in [0.1, 0.15) is 24.8 Å². The fraction of sp³-hybridized carbons (Fsp3) is 0.458. The van der Waals surface area contributed by atoms with Crippen molar-refractivity contribution in [1.82, 2.24) is 14.9 Å². The van der Waals surface area contributed by atoms with Crippen LogP contribution in [0.25, 0.3) is 28.0 Å². The first kappa shape index (κ1) is 37.6. The van der Waals surface area contributed by atoms with Gasteiger partial charge in [-0.2, -0.15) is 0 Å². The molecule has 1 saturated carbocycles. The van der Waals surface area contributed by atoms with Crippen molar-refractivity contribution in [2.24, 2.45) is 28.7 Å². The third-order valence-corrected chi connectivity index (χ3v) is 13.5. The highest BCUT2D eigenvalue weighted by Crippen LogP contribution is 2.48. The zero-order valence-corrected chi connectivity index (χ0v) is 33.8. The largest absolute Gasteiger partial charge is 0.488 e. The van der Waals surface area contributed by atoms with Gasteiger partial charge in [0, 0.05) is 55.0 Å². The van der Waals surface area contributed by atoms with E-state index in [1.165, 1.54) is 28.0 Å². The number of aromatic amines is 1. The number of rotatable bonds is 10. The molecule has 3 aliphatic heterocycles. The van der Waals surface area contributed by atoms with Crippen LogP contribution in [0.2, 0.25) is 0 Å². The number of esters is 1. The number of hydrogen-bond donors (Lipinski definition) is 1. The second-order valence-corrected chi connectivity index (χ2v) is 17.4. The third kappa shape index (κ3) is 7.02. The van der Waals surface area contributed by atoms with Crippen LogP contribution >= 0.6 is 0 Å². The van der Waals surface area contributed by atoms with E-state index in [4.69, 9.17) is 24.2 Å². The Balaban J connectivity index is 0.918. The van der Waals surface area contributed by atoms with E-state index in [2.05, 4.69) is 67.9 Å².